The number of aryl methyl sites for hydroxylation is 1. The fraction of sp³-hybridized carbons (Fsp3) is 0.379. The van der Waals surface area contributed by atoms with Gasteiger partial charge in [-0.1, -0.05) is 41.9 Å². The van der Waals surface area contributed by atoms with Gasteiger partial charge in [0, 0.05) is 18.0 Å². The van der Waals surface area contributed by atoms with Crippen molar-refractivity contribution in [3.8, 4) is 5.75 Å². The van der Waals surface area contributed by atoms with Crippen molar-refractivity contribution >= 4 is 40.6 Å². The predicted octanol–water partition coefficient (Wildman–Crippen LogP) is 5.11. The maximum absolute atomic E-state index is 12.9. The first-order chi connectivity index (χ1) is 18.7. The van der Waals surface area contributed by atoms with Gasteiger partial charge in [-0.2, -0.15) is 0 Å². The van der Waals surface area contributed by atoms with Crippen LogP contribution in [0.2, 0.25) is 5.02 Å². The minimum Gasteiger partial charge on any atom is -0.469 e. The number of benzene rings is 2. The van der Waals surface area contributed by atoms with Crippen molar-refractivity contribution in [2.24, 2.45) is 11.8 Å². The Labute approximate surface area is 230 Å². The van der Waals surface area contributed by atoms with Crippen molar-refractivity contribution in [3.63, 3.8) is 0 Å². The molecule has 0 radical (unpaired) electrons. The lowest BCUT2D eigenvalue weighted by Gasteiger charge is -2.27. The lowest BCUT2D eigenvalue weighted by Crippen LogP contribution is -2.33. The number of alkyl carbamates (subject to hydrolysis) is 1. The van der Waals surface area contributed by atoms with E-state index in [4.69, 9.17) is 25.5 Å². The van der Waals surface area contributed by atoms with E-state index in [0.717, 1.165) is 18.4 Å². The number of halogens is 1. The minimum atomic E-state index is -0.666. The minimum absolute atomic E-state index is 0.0994. The summed E-state index contributed by atoms with van der Waals surface area (Å²) in [5.74, 6) is -0.947. The van der Waals surface area contributed by atoms with Crippen LogP contribution >= 0.6 is 11.6 Å². The van der Waals surface area contributed by atoms with Crippen LogP contribution in [0.5, 0.6) is 5.75 Å². The van der Waals surface area contributed by atoms with E-state index in [-0.39, 0.29) is 46.8 Å². The van der Waals surface area contributed by atoms with Crippen LogP contribution in [0.25, 0.3) is 11.0 Å². The summed E-state index contributed by atoms with van der Waals surface area (Å²) in [4.78, 5) is 49.0. The molecule has 0 bridgehead atoms. The molecule has 1 heterocycles. The van der Waals surface area contributed by atoms with E-state index >= 15 is 0 Å². The summed E-state index contributed by atoms with van der Waals surface area (Å²) in [7, 11) is 1.24. The molecule has 1 saturated carbocycles. The lowest BCUT2D eigenvalue weighted by atomic mass is 9.82. The molecule has 9 nitrogen and oxygen atoms in total. The van der Waals surface area contributed by atoms with Crippen molar-refractivity contribution in [1.82, 2.24) is 5.32 Å². The van der Waals surface area contributed by atoms with Gasteiger partial charge in [0.05, 0.1) is 30.0 Å². The number of hydrogen-bond donors (Lipinski definition) is 1. The molecule has 0 spiro atoms. The summed E-state index contributed by atoms with van der Waals surface area (Å²) in [6.45, 7) is 2.37. The Morgan fingerprint density at radius 1 is 1.08 bits per heavy atom. The second kappa shape index (κ2) is 12.8. The first kappa shape index (κ1) is 28.2. The van der Waals surface area contributed by atoms with Crippen LogP contribution < -0.4 is 15.7 Å². The molecule has 3 aromatic rings. The molecular formula is C29H30ClNO8. The highest BCUT2D eigenvalue weighted by atomic mass is 35.5. The van der Waals surface area contributed by atoms with Crippen molar-refractivity contribution in [1.29, 1.82) is 0 Å². The average molecular weight is 556 g/mol. The maximum atomic E-state index is 12.9. The number of esters is 2. The molecule has 1 N–H and O–H groups in total. The largest absolute Gasteiger partial charge is 0.469 e. The summed E-state index contributed by atoms with van der Waals surface area (Å²) in [6, 6.07) is 12.4. The molecule has 0 aliphatic heterocycles. The van der Waals surface area contributed by atoms with Gasteiger partial charge >= 0.3 is 23.7 Å². The van der Waals surface area contributed by atoms with Gasteiger partial charge in [-0.25, -0.2) is 9.59 Å². The van der Waals surface area contributed by atoms with Crippen LogP contribution in [0, 0.1) is 18.8 Å². The molecule has 2 aromatic carbocycles. The van der Waals surface area contributed by atoms with Gasteiger partial charge < -0.3 is 23.9 Å². The molecule has 1 fully saturated rings. The Hall–Kier alpha value is -3.85. The van der Waals surface area contributed by atoms with Crippen molar-refractivity contribution in [2.45, 2.75) is 45.6 Å². The van der Waals surface area contributed by atoms with Gasteiger partial charge in [0.2, 0.25) is 0 Å². The van der Waals surface area contributed by atoms with E-state index in [0.29, 0.717) is 30.3 Å². The number of carbonyl (C=O) groups excluding carboxylic acids is 3. The number of hydrogen-bond acceptors (Lipinski definition) is 8. The third kappa shape index (κ3) is 7.17. The Morgan fingerprint density at radius 2 is 1.79 bits per heavy atom. The topological polar surface area (TPSA) is 121 Å². The van der Waals surface area contributed by atoms with Gasteiger partial charge in [-0.15, -0.1) is 0 Å². The first-order valence-electron chi connectivity index (χ1n) is 12.7. The van der Waals surface area contributed by atoms with E-state index in [1.165, 1.54) is 13.2 Å². The summed E-state index contributed by atoms with van der Waals surface area (Å²) >= 11 is 6.40. The Morgan fingerprint density at radius 3 is 2.49 bits per heavy atom. The molecule has 1 aliphatic rings. The van der Waals surface area contributed by atoms with Crippen molar-refractivity contribution < 1.29 is 33.0 Å². The van der Waals surface area contributed by atoms with Crippen LogP contribution in [-0.2, 0) is 32.1 Å². The molecule has 1 aliphatic carbocycles. The summed E-state index contributed by atoms with van der Waals surface area (Å²) < 4.78 is 20.9. The highest BCUT2D eigenvalue weighted by Gasteiger charge is 2.29. The number of methoxy groups -OCH3 is 1. The van der Waals surface area contributed by atoms with Crippen LogP contribution in [0.1, 0.15) is 42.4 Å². The highest BCUT2D eigenvalue weighted by Crippen LogP contribution is 2.34. The van der Waals surface area contributed by atoms with E-state index in [2.05, 4.69) is 10.1 Å². The maximum Gasteiger partial charge on any atom is 0.407 e. The molecule has 1 aromatic heterocycles. The monoisotopic (exact) mass is 555 g/mol. The molecule has 1 amide bonds. The lowest BCUT2D eigenvalue weighted by molar-refractivity contribution is -0.141. The summed E-state index contributed by atoms with van der Waals surface area (Å²) in [5, 5.41) is 3.52. The normalized spacial score (nSPS) is 16.9. The second-order valence-electron chi connectivity index (χ2n) is 9.61. The number of fused-ring (bicyclic) bond motifs is 1. The SMILES string of the molecule is COC(=O)Cc1c(C)c2cc(Cl)c(OC(=O)C3CCC(CNC(=O)OCc4ccccc4)CC3)cc2oc1=O. The van der Waals surface area contributed by atoms with Crippen LogP contribution in [-0.4, -0.2) is 31.7 Å². The summed E-state index contributed by atoms with van der Waals surface area (Å²) in [5.41, 5.74) is 1.18. The zero-order valence-electron chi connectivity index (χ0n) is 21.8. The van der Waals surface area contributed by atoms with E-state index in [9.17, 15) is 19.2 Å². The third-order valence-electron chi connectivity index (χ3n) is 7.03. The van der Waals surface area contributed by atoms with E-state index < -0.39 is 23.7 Å². The zero-order valence-corrected chi connectivity index (χ0v) is 22.5. The number of amides is 1. The molecular weight excluding hydrogens is 526 g/mol. The number of nitrogens with one attached hydrogen (secondary N) is 1. The van der Waals surface area contributed by atoms with Crippen LogP contribution in [0.4, 0.5) is 4.79 Å². The number of carbonyl (C=O) groups is 3. The first-order valence-corrected chi connectivity index (χ1v) is 13.1. The van der Waals surface area contributed by atoms with Gasteiger partial charge in [0.1, 0.15) is 12.2 Å². The van der Waals surface area contributed by atoms with E-state index in [1.54, 1.807) is 13.0 Å². The number of ether oxygens (including phenoxy) is 3. The molecule has 39 heavy (non-hydrogen) atoms. The summed E-state index contributed by atoms with van der Waals surface area (Å²) in [6.07, 6.45) is 2.04. The van der Waals surface area contributed by atoms with Gasteiger partial charge in [-0.3, -0.25) is 9.59 Å². The van der Waals surface area contributed by atoms with Gasteiger partial charge in [0.25, 0.3) is 0 Å². The molecule has 10 heteroatoms. The third-order valence-corrected chi connectivity index (χ3v) is 7.32. The smallest absolute Gasteiger partial charge is 0.407 e. The van der Waals surface area contributed by atoms with E-state index in [1.807, 2.05) is 30.3 Å². The Bertz CT molecular complexity index is 1410. The average Bonchev–Trinajstić information content (AvgIpc) is 2.94. The molecule has 0 unspecified atom stereocenters. The number of rotatable bonds is 8. The van der Waals surface area contributed by atoms with Crippen molar-refractivity contribution in [2.75, 3.05) is 13.7 Å². The second-order valence-corrected chi connectivity index (χ2v) is 10.0. The Kier molecular flexibility index (Phi) is 9.24. The molecule has 0 saturated heterocycles. The molecule has 206 valence electrons. The highest BCUT2D eigenvalue weighted by molar-refractivity contribution is 6.33. The van der Waals surface area contributed by atoms with Gasteiger partial charge in [-0.05, 0) is 55.7 Å². The zero-order chi connectivity index (χ0) is 27.9. The van der Waals surface area contributed by atoms with Crippen LogP contribution in [0.15, 0.2) is 51.7 Å². The molecule has 4 rings (SSSR count). The Balaban J connectivity index is 1.30. The van der Waals surface area contributed by atoms with Gasteiger partial charge in [0.15, 0.2) is 5.75 Å². The quantitative estimate of drug-likeness (QED) is 0.231. The van der Waals surface area contributed by atoms with Crippen LogP contribution in [0.3, 0.4) is 0 Å². The fourth-order valence-electron chi connectivity index (χ4n) is 4.68. The molecule has 0 atom stereocenters. The fourth-order valence-corrected chi connectivity index (χ4v) is 4.89. The van der Waals surface area contributed by atoms with Crippen molar-refractivity contribution in [3.05, 3.63) is 74.6 Å². The predicted molar refractivity (Wildman–Crippen MR) is 144 cm³/mol. The standard InChI is InChI=1S/C29H30ClNO8/c1-17-21-12-23(30)25(14-24(21)38-28(34)22(17)13-26(32)36-2)39-27(33)20-10-8-18(9-11-20)15-31-29(35)37-16-19-6-4-3-5-7-19/h3-7,12,14,18,20H,8-11,13,15-16H2,1-2H3,(H,31,35).